The van der Waals surface area contributed by atoms with E-state index in [2.05, 4.69) is 5.32 Å². The fourth-order valence-electron chi connectivity index (χ4n) is 3.54. The minimum absolute atomic E-state index is 0.218. The van der Waals surface area contributed by atoms with Crippen molar-refractivity contribution < 1.29 is 4.79 Å². The number of carbonyl (C=O) groups is 1. The van der Waals surface area contributed by atoms with E-state index in [0.717, 1.165) is 15.9 Å². The van der Waals surface area contributed by atoms with Crippen LogP contribution in [0.1, 0.15) is 6.92 Å². The summed E-state index contributed by atoms with van der Waals surface area (Å²) in [5.41, 5.74) is 0.544. The quantitative estimate of drug-likeness (QED) is 0.488. The Hall–Kier alpha value is -1.77. The van der Waals surface area contributed by atoms with Gasteiger partial charge in [-0.25, -0.2) is 0 Å². The number of hydrogen-bond acceptors (Lipinski definition) is 2. The van der Waals surface area contributed by atoms with E-state index in [9.17, 15) is 4.79 Å². The molecule has 3 aromatic carbocycles. The predicted octanol–water partition coefficient (Wildman–Crippen LogP) is 5.53. The Morgan fingerprint density at radius 1 is 0.793 bits per heavy atom. The van der Waals surface area contributed by atoms with Crippen LogP contribution in [0.3, 0.4) is 0 Å². The van der Waals surface area contributed by atoms with Gasteiger partial charge in [-0.2, -0.15) is 0 Å². The normalized spacial score (nSPS) is 13.7. The summed E-state index contributed by atoms with van der Waals surface area (Å²) in [6, 6.07) is 29.7. The third kappa shape index (κ3) is 3.73. The van der Waals surface area contributed by atoms with Crippen molar-refractivity contribution in [2.24, 2.45) is 0 Å². The molecule has 0 heterocycles. The molecule has 0 saturated heterocycles. The third-order valence-electron chi connectivity index (χ3n) is 4.80. The van der Waals surface area contributed by atoms with Gasteiger partial charge in [0.15, 0.2) is 0 Å². The van der Waals surface area contributed by atoms with Crippen LogP contribution in [-0.2, 0) is 4.79 Å². The Balaban J connectivity index is 2.60. The van der Waals surface area contributed by atoms with Gasteiger partial charge >= 0.3 is 186 Å². The summed E-state index contributed by atoms with van der Waals surface area (Å²) in [6.07, 6.45) is 1.88. The van der Waals surface area contributed by atoms with Crippen molar-refractivity contribution in [2.75, 3.05) is 6.26 Å². The van der Waals surface area contributed by atoms with Crippen LogP contribution in [0.15, 0.2) is 101 Å². The zero-order chi connectivity index (χ0) is 20.9. The average molecular weight is 462 g/mol. The van der Waals surface area contributed by atoms with E-state index in [0.29, 0.717) is 9.80 Å². The van der Waals surface area contributed by atoms with Crippen LogP contribution in [0, 0.1) is 0 Å². The van der Waals surface area contributed by atoms with Crippen molar-refractivity contribution in [3.05, 3.63) is 101 Å². The topological polar surface area (TPSA) is 29.1 Å². The third-order valence-corrected chi connectivity index (χ3v) is 13.5. The first-order valence-corrected chi connectivity index (χ1v) is 13.8. The number of halogens is 2. The van der Waals surface area contributed by atoms with E-state index in [-0.39, 0.29) is 5.91 Å². The fraction of sp³-hybridized carbons (Fsp3) is 0.0870. The molecule has 1 amide bonds. The van der Waals surface area contributed by atoms with Gasteiger partial charge in [-0.05, 0) is 0 Å². The second-order valence-electron chi connectivity index (χ2n) is 6.52. The van der Waals surface area contributed by atoms with Gasteiger partial charge in [-0.1, -0.05) is 0 Å². The van der Waals surface area contributed by atoms with Crippen LogP contribution in [-0.4, -0.2) is 12.2 Å². The summed E-state index contributed by atoms with van der Waals surface area (Å²) in [5, 5.41) is 5.75. The molecule has 0 aromatic heterocycles. The van der Waals surface area contributed by atoms with E-state index in [1.54, 1.807) is 0 Å². The zero-order valence-electron chi connectivity index (χ0n) is 16.2. The Labute approximate surface area is 186 Å². The number of thioether (sulfide) groups is 1. The Morgan fingerprint density at radius 3 is 1.41 bits per heavy atom. The first kappa shape index (κ1) is 21.9. The van der Waals surface area contributed by atoms with Crippen molar-refractivity contribution in [3.63, 3.8) is 0 Å². The van der Waals surface area contributed by atoms with Gasteiger partial charge in [0.2, 0.25) is 0 Å². The number of amides is 1. The summed E-state index contributed by atoms with van der Waals surface area (Å²) in [6.45, 7) is 1.48. The molecule has 0 saturated carbocycles. The van der Waals surface area contributed by atoms with Gasteiger partial charge in [0.1, 0.15) is 0 Å². The summed E-state index contributed by atoms with van der Waals surface area (Å²) in [4.78, 5) is 12.3. The van der Waals surface area contributed by atoms with Crippen molar-refractivity contribution in [1.29, 1.82) is 0 Å². The van der Waals surface area contributed by atoms with Gasteiger partial charge in [-0.15, -0.1) is 0 Å². The molecule has 0 spiro atoms. The molecule has 0 atom stereocenters. The molecule has 0 aliphatic carbocycles. The molecular weight excluding hydrogens is 440 g/mol. The van der Waals surface area contributed by atoms with Gasteiger partial charge in [0.05, 0.1) is 0 Å². The molecule has 0 aliphatic heterocycles. The van der Waals surface area contributed by atoms with Gasteiger partial charge in [0, 0.05) is 0 Å². The van der Waals surface area contributed by atoms with E-state index in [1.807, 2.05) is 97.3 Å². The predicted molar refractivity (Wildman–Crippen MR) is 131 cm³/mol. The first-order valence-electron chi connectivity index (χ1n) is 9.05. The molecule has 0 bridgehead atoms. The molecule has 29 heavy (non-hydrogen) atoms. The van der Waals surface area contributed by atoms with Crippen LogP contribution in [0.25, 0.3) is 0 Å². The molecule has 150 valence electrons. The molecule has 3 aromatic rings. The van der Waals surface area contributed by atoms with E-state index < -0.39 is 5.96 Å². The van der Waals surface area contributed by atoms with Crippen molar-refractivity contribution in [1.82, 2.24) is 5.32 Å². The molecule has 2 nitrogen and oxygen atoms in total. The summed E-state index contributed by atoms with van der Waals surface area (Å²) >= 11 is 16.2. The van der Waals surface area contributed by atoms with Crippen molar-refractivity contribution >= 4 is 62.4 Å². The second kappa shape index (κ2) is 8.93. The molecular formula is C23H22Cl2NOPS. The molecule has 1 N–H and O–H groups in total. The van der Waals surface area contributed by atoms with Crippen LogP contribution in [0.2, 0.25) is 0 Å². The SMILES string of the molecule is CS/C(Cl)=C(\NC(C)=O)P(Cl)(c1ccccc1)(c1ccccc1)c1ccccc1. The van der Waals surface area contributed by atoms with Crippen LogP contribution < -0.4 is 21.2 Å². The van der Waals surface area contributed by atoms with E-state index in [4.69, 9.17) is 22.8 Å². The summed E-state index contributed by atoms with van der Waals surface area (Å²) in [7, 11) is 0. The Bertz CT molecular complexity index is 927. The van der Waals surface area contributed by atoms with Crippen LogP contribution in [0.4, 0.5) is 0 Å². The fourth-order valence-corrected chi connectivity index (χ4v) is 11.4. The Kier molecular flexibility index (Phi) is 6.76. The van der Waals surface area contributed by atoms with E-state index >= 15 is 0 Å². The van der Waals surface area contributed by atoms with Gasteiger partial charge < -0.3 is 0 Å². The van der Waals surface area contributed by atoms with Crippen molar-refractivity contribution in [3.8, 4) is 0 Å². The van der Waals surface area contributed by atoms with Gasteiger partial charge in [0.25, 0.3) is 0 Å². The summed E-state index contributed by atoms with van der Waals surface area (Å²) in [5.74, 6) is -4.07. The molecule has 0 unspecified atom stereocenters. The Morgan fingerprint density at radius 2 is 1.14 bits per heavy atom. The molecule has 0 aliphatic rings. The standard InChI is InChI=1S/C23H22Cl2NOPS/c1-18(27)26-23(22(24)29-2)28(25,19-12-6-3-7-13-19,20-14-8-4-9-15-20)21-16-10-5-11-17-21/h3-17H,1-2H3,(H,26,27)/b23-22+. The molecule has 0 fully saturated rings. The minimum atomic E-state index is -3.86. The summed E-state index contributed by atoms with van der Waals surface area (Å²) < 4.78 is 0.462. The maximum absolute atomic E-state index is 12.3. The average Bonchev–Trinajstić information content (AvgIpc) is 2.78. The number of nitrogens with one attached hydrogen (secondary N) is 1. The van der Waals surface area contributed by atoms with E-state index in [1.165, 1.54) is 18.7 Å². The van der Waals surface area contributed by atoms with Crippen LogP contribution in [0.5, 0.6) is 0 Å². The number of rotatable bonds is 6. The van der Waals surface area contributed by atoms with Crippen molar-refractivity contribution in [2.45, 2.75) is 6.92 Å². The zero-order valence-corrected chi connectivity index (χ0v) is 19.4. The number of hydrogen-bond donors (Lipinski definition) is 1. The first-order chi connectivity index (χ1) is 13.9. The second-order valence-corrected chi connectivity index (χ2v) is 14.0. The molecule has 3 rings (SSSR count). The maximum atomic E-state index is 12.3. The number of benzene rings is 3. The molecule has 0 radical (unpaired) electrons. The number of carbonyl (C=O) groups excluding carboxylic acids is 1. The monoisotopic (exact) mass is 461 g/mol. The van der Waals surface area contributed by atoms with Crippen LogP contribution >= 0.6 is 40.6 Å². The molecule has 6 heteroatoms. The van der Waals surface area contributed by atoms with Gasteiger partial charge in [-0.3, -0.25) is 0 Å².